The van der Waals surface area contributed by atoms with E-state index in [0.717, 1.165) is 24.2 Å². The summed E-state index contributed by atoms with van der Waals surface area (Å²) < 4.78 is 13.6. The molecule has 2 aromatic carbocycles. The molecule has 0 atom stereocenters. The van der Waals surface area contributed by atoms with Gasteiger partial charge in [0.05, 0.1) is 4.87 Å². The minimum atomic E-state index is -0.398. The van der Waals surface area contributed by atoms with Crippen LogP contribution in [0.15, 0.2) is 48.5 Å². The summed E-state index contributed by atoms with van der Waals surface area (Å²) in [5.41, 5.74) is 2.22. The maximum Gasteiger partial charge on any atom is 0.255 e. The van der Waals surface area contributed by atoms with Gasteiger partial charge in [0.2, 0.25) is 0 Å². The van der Waals surface area contributed by atoms with Gasteiger partial charge in [0, 0.05) is 36.5 Å². The fourth-order valence-electron chi connectivity index (χ4n) is 4.02. The molecule has 0 aliphatic carbocycles. The van der Waals surface area contributed by atoms with Crippen molar-refractivity contribution in [2.45, 2.75) is 24.6 Å². The lowest BCUT2D eigenvalue weighted by atomic mass is 10.00. The van der Waals surface area contributed by atoms with Crippen molar-refractivity contribution in [2.75, 3.05) is 25.4 Å². The van der Waals surface area contributed by atoms with Crippen molar-refractivity contribution in [2.24, 2.45) is 0 Å². The zero-order valence-corrected chi connectivity index (χ0v) is 16.7. The molecule has 146 valence electrons. The van der Waals surface area contributed by atoms with Crippen LogP contribution in [0.2, 0.25) is 0 Å². The van der Waals surface area contributed by atoms with E-state index in [1.54, 1.807) is 23.9 Å². The van der Waals surface area contributed by atoms with Gasteiger partial charge in [-0.1, -0.05) is 23.8 Å². The van der Waals surface area contributed by atoms with Crippen molar-refractivity contribution in [1.82, 2.24) is 9.80 Å². The van der Waals surface area contributed by atoms with Gasteiger partial charge in [0.1, 0.15) is 5.82 Å². The highest BCUT2D eigenvalue weighted by Crippen LogP contribution is 2.44. The summed E-state index contributed by atoms with van der Waals surface area (Å²) in [6, 6.07) is 13.5. The van der Waals surface area contributed by atoms with E-state index in [1.165, 1.54) is 12.1 Å². The van der Waals surface area contributed by atoms with E-state index >= 15 is 0 Å². The Bertz CT molecular complexity index is 892. The van der Waals surface area contributed by atoms with Crippen LogP contribution in [0.1, 0.15) is 39.1 Å². The quantitative estimate of drug-likeness (QED) is 0.769. The van der Waals surface area contributed by atoms with Crippen LogP contribution in [-0.4, -0.2) is 51.9 Å². The topological polar surface area (TPSA) is 40.6 Å². The van der Waals surface area contributed by atoms with Crippen LogP contribution >= 0.6 is 11.8 Å². The van der Waals surface area contributed by atoms with Crippen molar-refractivity contribution in [3.63, 3.8) is 0 Å². The van der Waals surface area contributed by atoms with Crippen LogP contribution in [0.5, 0.6) is 0 Å². The first-order chi connectivity index (χ1) is 13.5. The lowest BCUT2D eigenvalue weighted by Crippen LogP contribution is -2.53. The maximum absolute atomic E-state index is 13.6. The van der Waals surface area contributed by atoms with Crippen LogP contribution in [0, 0.1) is 12.7 Å². The normalized spacial score (nSPS) is 18.5. The molecule has 1 spiro atoms. The van der Waals surface area contributed by atoms with Crippen molar-refractivity contribution < 1.29 is 14.0 Å². The van der Waals surface area contributed by atoms with Crippen LogP contribution in [0.4, 0.5) is 4.39 Å². The van der Waals surface area contributed by atoms with Crippen LogP contribution in [0.25, 0.3) is 0 Å². The highest BCUT2D eigenvalue weighted by Gasteiger charge is 2.47. The number of nitrogens with zero attached hydrogens (tertiary/aromatic N) is 2. The van der Waals surface area contributed by atoms with Crippen LogP contribution in [0.3, 0.4) is 0 Å². The van der Waals surface area contributed by atoms with Gasteiger partial charge in [0.25, 0.3) is 11.8 Å². The molecule has 2 aromatic rings. The first kappa shape index (κ1) is 19.0. The summed E-state index contributed by atoms with van der Waals surface area (Å²) >= 11 is 1.79. The number of carbonyl (C=O) groups excluding carboxylic acids is 2. The van der Waals surface area contributed by atoms with E-state index in [1.807, 2.05) is 41.0 Å². The Balaban J connectivity index is 1.47. The number of rotatable bonds is 2. The van der Waals surface area contributed by atoms with Crippen molar-refractivity contribution in [3.8, 4) is 0 Å². The number of hydrogen-bond acceptors (Lipinski definition) is 3. The second-order valence-corrected chi connectivity index (χ2v) is 8.88. The van der Waals surface area contributed by atoms with E-state index in [2.05, 4.69) is 0 Å². The number of thioether (sulfide) groups is 1. The predicted molar refractivity (Wildman–Crippen MR) is 109 cm³/mol. The van der Waals surface area contributed by atoms with Gasteiger partial charge in [-0.2, -0.15) is 0 Å². The molecule has 0 unspecified atom stereocenters. The molecule has 2 fully saturated rings. The minimum Gasteiger partial charge on any atom is -0.338 e. The molecule has 0 N–H and O–H groups in total. The first-order valence-electron chi connectivity index (χ1n) is 9.56. The summed E-state index contributed by atoms with van der Waals surface area (Å²) in [5, 5.41) is 0. The van der Waals surface area contributed by atoms with Gasteiger partial charge < -0.3 is 9.80 Å². The summed E-state index contributed by atoms with van der Waals surface area (Å²) in [4.78, 5) is 29.3. The number of carbonyl (C=O) groups is 2. The van der Waals surface area contributed by atoms with Gasteiger partial charge in [-0.15, -0.1) is 11.8 Å². The zero-order chi connectivity index (χ0) is 19.7. The van der Waals surface area contributed by atoms with Gasteiger partial charge in [-0.25, -0.2) is 4.39 Å². The molecule has 0 radical (unpaired) electrons. The Kier molecular flexibility index (Phi) is 5.15. The Morgan fingerprint density at radius 2 is 1.68 bits per heavy atom. The molecule has 0 saturated carbocycles. The minimum absolute atomic E-state index is 0.0425. The number of piperidine rings is 1. The third kappa shape index (κ3) is 3.53. The van der Waals surface area contributed by atoms with Gasteiger partial charge >= 0.3 is 0 Å². The lowest BCUT2D eigenvalue weighted by molar-refractivity contribution is 0.0497. The van der Waals surface area contributed by atoms with Crippen molar-refractivity contribution in [3.05, 3.63) is 71.0 Å². The molecule has 2 amide bonds. The number of aryl methyl sites for hydroxylation is 1. The standard InChI is InChI=1S/C22H23FN2O2S/c1-16-5-7-17(8-6-16)20(26)24-11-9-22(10-12-24)25(13-14-28-22)21(27)18-3-2-4-19(23)15-18/h2-8,15H,9-14H2,1H3. The predicted octanol–water partition coefficient (Wildman–Crippen LogP) is 3.96. The fourth-order valence-corrected chi connectivity index (χ4v) is 5.48. The number of benzene rings is 2. The smallest absolute Gasteiger partial charge is 0.255 e. The molecule has 2 aliphatic rings. The number of amides is 2. The van der Waals surface area contributed by atoms with E-state index in [-0.39, 0.29) is 16.7 Å². The van der Waals surface area contributed by atoms with E-state index in [0.29, 0.717) is 30.8 Å². The van der Waals surface area contributed by atoms with Gasteiger partial charge in [-0.05, 0) is 50.1 Å². The average Bonchev–Trinajstić information content (AvgIpc) is 3.11. The highest BCUT2D eigenvalue weighted by molar-refractivity contribution is 8.00. The SMILES string of the molecule is Cc1ccc(C(=O)N2CCC3(CC2)SCCN3C(=O)c2cccc(F)c2)cc1. The monoisotopic (exact) mass is 398 g/mol. The van der Waals surface area contributed by atoms with Crippen molar-refractivity contribution in [1.29, 1.82) is 0 Å². The molecule has 4 rings (SSSR count). The Hall–Kier alpha value is -2.34. The first-order valence-corrected chi connectivity index (χ1v) is 10.5. The third-order valence-electron chi connectivity index (χ3n) is 5.62. The zero-order valence-electron chi connectivity index (χ0n) is 15.9. The van der Waals surface area contributed by atoms with E-state index in [9.17, 15) is 14.0 Å². The number of hydrogen-bond donors (Lipinski definition) is 0. The summed E-state index contributed by atoms with van der Waals surface area (Å²) in [5.74, 6) is 0.390. The van der Waals surface area contributed by atoms with Gasteiger partial charge in [0.15, 0.2) is 0 Å². The van der Waals surface area contributed by atoms with E-state index in [4.69, 9.17) is 0 Å². The Labute approximate surface area is 168 Å². The Morgan fingerprint density at radius 3 is 2.36 bits per heavy atom. The molecule has 0 aromatic heterocycles. The average molecular weight is 399 g/mol. The van der Waals surface area contributed by atoms with Gasteiger partial charge in [-0.3, -0.25) is 9.59 Å². The molecule has 0 bridgehead atoms. The maximum atomic E-state index is 13.6. The molecular formula is C22H23FN2O2S. The molecular weight excluding hydrogens is 375 g/mol. The second-order valence-electron chi connectivity index (χ2n) is 7.42. The molecule has 2 heterocycles. The second kappa shape index (κ2) is 7.59. The number of likely N-dealkylation sites (tertiary alicyclic amines) is 1. The molecule has 6 heteroatoms. The summed E-state index contributed by atoms with van der Waals surface area (Å²) in [6.07, 6.45) is 1.46. The molecule has 28 heavy (non-hydrogen) atoms. The van der Waals surface area contributed by atoms with E-state index < -0.39 is 5.82 Å². The lowest BCUT2D eigenvalue weighted by Gasteiger charge is -2.44. The molecule has 2 aliphatic heterocycles. The Morgan fingerprint density at radius 1 is 0.964 bits per heavy atom. The summed E-state index contributed by atoms with van der Waals surface area (Å²) in [7, 11) is 0. The van der Waals surface area contributed by atoms with Crippen LogP contribution < -0.4 is 0 Å². The summed E-state index contributed by atoms with van der Waals surface area (Å²) in [6.45, 7) is 3.89. The third-order valence-corrected chi connectivity index (χ3v) is 7.18. The fraction of sp³-hybridized carbons (Fsp3) is 0.364. The number of halogens is 1. The largest absolute Gasteiger partial charge is 0.338 e. The molecule has 4 nitrogen and oxygen atoms in total. The van der Waals surface area contributed by atoms with Crippen LogP contribution in [-0.2, 0) is 0 Å². The molecule has 2 saturated heterocycles. The van der Waals surface area contributed by atoms with Crippen molar-refractivity contribution >= 4 is 23.6 Å². The highest BCUT2D eigenvalue weighted by atomic mass is 32.2.